The Kier molecular flexibility index (Phi) is 3.86. The Morgan fingerprint density at radius 2 is 2.29 bits per heavy atom. The zero-order chi connectivity index (χ0) is 12.3. The SMILES string of the molecule is CC(N)CCc1nc(-c2cccc(F)c2)cs1. The van der Waals surface area contributed by atoms with Crippen LogP contribution < -0.4 is 5.73 Å². The van der Waals surface area contributed by atoms with Crippen molar-refractivity contribution in [2.75, 3.05) is 0 Å². The fourth-order valence-corrected chi connectivity index (χ4v) is 2.38. The van der Waals surface area contributed by atoms with Crippen molar-refractivity contribution in [3.63, 3.8) is 0 Å². The first-order chi connectivity index (χ1) is 8.15. The monoisotopic (exact) mass is 250 g/mol. The largest absolute Gasteiger partial charge is 0.328 e. The topological polar surface area (TPSA) is 38.9 Å². The van der Waals surface area contributed by atoms with Gasteiger partial charge in [-0.15, -0.1) is 11.3 Å². The molecule has 1 unspecified atom stereocenters. The van der Waals surface area contributed by atoms with E-state index in [1.807, 2.05) is 18.4 Å². The maximum atomic E-state index is 13.1. The van der Waals surface area contributed by atoms with Crippen LogP contribution in [0.25, 0.3) is 11.3 Å². The molecular weight excluding hydrogens is 235 g/mol. The molecule has 0 saturated carbocycles. The lowest BCUT2D eigenvalue weighted by atomic mass is 10.1. The lowest BCUT2D eigenvalue weighted by Gasteiger charge is -2.01. The first-order valence-corrected chi connectivity index (χ1v) is 6.49. The number of hydrogen-bond donors (Lipinski definition) is 1. The molecular formula is C13H15FN2S. The van der Waals surface area contributed by atoms with Crippen molar-refractivity contribution in [1.29, 1.82) is 0 Å². The van der Waals surface area contributed by atoms with Crippen LogP contribution in [0.15, 0.2) is 29.6 Å². The van der Waals surface area contributed by atoms with Gasteiger partial charge in [0.2, 0.25) is 0 Å². The second-order valence-electron chi connectivity index (χ2n) is 4.15. The lowest BCUT2D eigenvalue weighted by molar-refractivity contribution is 0.628. The van der Waals surface area contributed by atoms with Gasteiger partial charge in [-0.25, -0.2) is 9.37 Å². The molecule has 1 aromatic carbocycles. The van der Waals surface area contributed by atoms with Gasteiger partial charge in [-0.3, -0.25) is 0 Å². The molecule has 1 aromatic heterocycles. The van der Waals surface area contributed by atoms with Crippen LogP contribution >= 0.6 is 11.3 Å². The second kappa shape index (κ2) is 5.38. The molecule has 2 aromatic rings. The average molecular weight is 250 g/mol. The van der Waals surface area contributed by atoms with Gasteiger partial charge in [-0.2, -0.15) is 0 Å². The summed E-state index contributed by atoms with van der Waals surface area (Å²) in [7, 11) is 0. The Morgan fingerprint density at radius 3 is 3.00 bits per heavy atom. The molecule has 0 bridgehead atoms. The highest BCUT2D eigenvalue weighted by atomic mass is 32.1. The van der Waals surface area contributed by atoms with E-state index in [2.05, 4.69) is 4.98 Å². The summed E-state index contributed by atoms with van der Waals surface area (Å²) < 4.78 is 13.1. The molecule has 0 spiro atoms. The van der Waals surface area contributed by atoms with Crippen LogP contribution in [0.5, 0.6) is 0 Å². The third-order valence-corrected chi connectivity index (χ3v) is 3.39. The van der Waals surface area contributed by atoms with Gasteiger partial charge < -0.3 is 5.73 Å². The first-order valence-electron chi connectivity index (χ1n) is 5.61. The van der Waals surface area contributed by atoms with Crippen molar-refractivity contribution in [2.24, 2.45) is 5.73 Å². The van der Waals surface area contributed by atoms with Gasteiger partial charge in [-0.1, -0.05) is 12.1 Å². The molecule has 1 atom stereocenters. The molecule has 2 nitrogen and oxygen atoms in total. The van der Waals surface area contributed by atoms with Gasteiger partial charge in [0.1, 0.15) is 5.82 Å². The van der Waals surface area contributed by atoms with Crippen LogP contribution in [0.4, 0.5) is 4.39 Å². The molecule has 0 aliphatic heterocycles. The zero-order valence-corrected chi connectivity index (χ0v) is 10.5. The van der Waals surface area contributed by atoms with Crippen molar-refractivity contribution in [2.45, 2.75) is 25.8 Å². The summed E-state index contributed by atoms with van der Waals surface area (Å²) in [6.45, 7) is 1.99. The maximum absolute atomic E-state index is 13.1. The van der Waals surface area contributed by atoms with E-state index >= 15 is 0 Å². The van der Waals surface area contributed by atoms with E-state index in [0.29, 0.717) is 0 Å². The standard InChI is InChI=1S/C13H15FN2S/c1-9(15)5-6-13-16-12(8-17-13)10-3-2-4-11(14)7-10/h2-4,7-9H,5-6,15H2,1H3. The summed E-state index contributed by atoms with van der Waals surface area (Å²) in [5.74, 6) is -0.229. The maximum Gasteiger partial charge on any atom is 0.123 e. The van der Waals surface area contributed by atoms with Gasteiger partial charge in [0, 0.05) is 23.4 Å². The van der Waals surface area contributed by atoms with E-state index in [1.54, 1.807) is 17.4 Å². The van der Waals surface area contributed by atoms with Crippen LogP contribution in [0, 0.1) is 5.82 Å². The molecule has 0 amide bonds. The van der Waals surface area contributed by atoms with Gasteiger partial charge in [0.05, 0.1) is 10.7 Å². The van der Waals surface area contributed by atoms with E-state index in [1.165, 1.54) is 12.1 Å². The number of rotatable bonds is 4. The first kappa shape index (κ1) is 12.2. The van der Waals surface area contributed by atoms with Crippen LogP contribution in [0.1, 0.15) is 18.4 Å². The lowest BCUT2D eigenvalue weighted by Crippen LogP contribution is -2.15. The summed E-state index contributed by atoms with van der Waals surface area (Å²) in [4.78, 5) is 4.49. The van der Waals surface area contributed by atoms with E-state index in [0.717, 1.165) is 29.1 Å². The molecule has 0 saturated heterocycles. The molecule has 0 radical (unpaired) electrons. The third-order valence-electron chi connectivity index (χ3n) is 2.49. The average Bonchev–Trinajstić information content (AvgIpc) is 2.75. The molecule has 4 heteroatoms. The van der Waals surface area contributed by atoms with Crippen molar-refractivity contribution in [3.05, 3.63) is 40.5 Å². The van der Waals surface area contributed by atoms with Gasteiger partial charge >= 0.3 is 0 Å². The number of aromatic nitrogens is 1. The van der Waals surface area contributed by atoms with Crippen molar-refractivity contribution < 1.29 is 4.39 Å². The summed E-state index contributed by atoms with van der Waals surface area (Å²) in [5, 5.41) is 3.02. The summed E-state index contributed by atoms with van der Waals surface area (Å²) in [6.07, 6.45) is 1.81. The highest BCUT2D eigenvalue weighted by molar-refractivity contribution is 7.09. The van der Waals surface area contributed by atoms with Gasteiger partial charge in [-0.05, 0) is 25.5 Å². The highest BCUT2D eigenvalue weighted by Gasteiger charge is 2.06. The Morgan fingerprint density at radius 1 is 1.47 bits per heavy atom. The molecule has 2 N–H and O–H groups in total. The minimum absolute atomic E-state index is 0.191. The van der Waals surface area contributed by atoms with Crippen LogP contribution in [0.3, 0.4) is 0 Å². The number of nitrogens with two attached hydrogens (primary N) is 1. The highest BCUT2D eigenvalue weighted by Crippen LogP contribution is 2.23. The Hall–Kier alpha value is -1.26. The number of thiazole rings is 1. The van der Waals surface area contributed by atoms with Gasteiger partial charge in [0.15, 0.2) is 0 Å². The number of nitrogens with zero attached hydrogens (tertiary/aromatic N) is 1. The summed E-state index contributed by atoms with van der Waals surface area (Å²) >= 11 is 1.60. The van der Waals surface area contributed by atoms with Crippen molar-refractivity contribution >= 4 is 11.3 Å². The van der Waals surface area contributed by atoms with Gasteiger partial charge in [0.25, 0.3) is 0 Å². The number of benzene rings is 1. The van der Waals surface area contributed by atoms with E-state index in [-0.39, 0.29) is 11.9 Å². The van der Waals surface area contributed by atoms with Crippen molar-refractivity contribution in [1.82, 2.24) is 4.98 Å². The van der Waals surface area contributed by atoms with Crippen molar-refractivity contribution in [3.8, 4) is 11.3 Å². The minimum Gasteiger partial charge on any atom is -0.328 e. The fourth-order valence-electron chi connectivity index (χ4n) is 1.56. The molecule has 17 heavy (non-hydrogen) atoms. The fraction of sp³-hybridized carbons (Fsp3) is 0.308. The van der Waals surface area contributed by atoms with E-state index in [4.69, 9.17) is 5.73 Å². The predicted molar refractivity (Wildman–Crippen MR) is 69.5 cm³/mol. The summed E-state index contributed by atoms with van der Waals surface area (Å²) in [5.41, 5.74) is 7.37. The minimum atomic E-state index is -0.229. The summed E-state index contributed by atoms with van der Waals surface area (Å²) in [6, 6.07) is 6.70. The predicted octanol–water partition coefficient (Wildman–Crippen LogP) is 3.23. The Bertz CT molecular complexity index is 494. The molecule has 90 valence electrons. The molecule has 0 aliphatic carbocycles. The molecule has 2 rings (SSSR count). The van der Waals surface area contributed by atoms with E-state index < -0.39 is 0 Å². The molecule has 0 aliphatic rings. The smallest absolute Gasteiger partial charge is 0.123 e. The number of hydrogen-bond acceptors (Lipinski definition) is 3. The second-order valence-corrected chi connectivity index (χ2v) is 5.10. The Balaban J connectivity index is 2.12. The van der Waals surface area contributed by atoms with Crippen LogP contribution in [-0.2, 0) is 6.42 Å². The third kappa shape index (κ3) is 3.35. The number of aryl methyl sites for hydroxylation is 1. The molecule has 1 heterocycles. The van der Waals surface area contributed by atoms with E-state index in [9.17, 15) is 4.39 Å². The van der Waals surface area contributed by atoms with Crippen LogP contribution in [0.2, 0.25) is 0 Å². The zero-order valence-electron chi connectivity index (χ0n) is 9.69. The number of halogens is 1. The van der Waals surface area contributed by atoms with Crippen LogP contribution in [-0.4, -0.2) is 11.0 Å². The Labute approximate surface area is 104 Å². The molecule has 0 fully saturated rings. The quantitative estimate of drug-likeness (QED) is 0.904. The normalized spacial score (nSPS) is 12.6.